The van der Waals surface area contributed by atoms with Crippen LogP contribution < -0.4 is 10.6 Å². The first-order valence-electron chi connectivity index (χ1n) is 7.86. The Balaban J connectivity index is 1.64. The van der Waals surface area contributed by atoms with Gasteiger partial charge in [-0.15, -0.1) is 11.3 Å². The van der Waals surface area contributed by atoms with E-state index in [0.717, 1.165) is 10.4 Å². The van der Waals surface area contributed by atoms with Gasteiger partial charge in [-0.05, 0) is 36.8 Å². The summed E-state index contributed by atoms with van der Waals surface area (Å²) in [6.07, 6.45) is 1.57. The summed E-state index contributed by atoms with van der Waals surface area (Å²) in [4.78, 5) is 26.0. The molecule has 0 aliphatic rings. The molecule has 5 nitrogen and oxygen atoms in total. The number of carbonyl (C=O) groups is 2. The van der Waals surface area contributed by atoms with Crippen molar-refractivity contribution in [3.63, 3.8) is 0 Å². The van der Waals surface area contributed by atoms with Crippen LogP contribution in [0.2, 0.25) is 0 Å². The lowest BCUT2D eigenvalue weighted by Gasteiger charge is -2.17. The maximum Gasteiger partial charge on any atom is 0.261 e. The lowest BCUT2D eigenvalue weighted by atomic mass is 10.0. The average Bonchev–Trinajstić information content (AvgIpc) is 3.30. The van der Waals surface area contributed by atoms with Gasteiger partial charge in [0.25, 0.3) is 5.91 Å². The Morgan fingerprint density at radius 3 is 2.52 bits per heavy atom. The number of benzene rings is 1. The molecule has 128 valence electrons. The highest BCUT2D eigenvalue weighted by Gasteiger charge is 2.19. The summed E-state index contributed by atoms with van der Waals surface area (Å²) >= 11 is 1.40. The van der Waals surface area contributed by atoms with E-state index in [2.05, 4.69) is 10.6 Å². The maximum atomic E-state index is 12.3. The second kappa shape index (κ2) is 7.81. The highest BCUT2D eigenvalue weighted by Crippen LogP contribution is 2.22. The van der Waals surface area contributed by atoms with E-state index in [1.807, 2.05) is 49.4 Å². The van der Waals surface area contributed by atoms with Crippen molar-refractivity contribution in [3.8, 4) is 0 Å². The monoisotopic (exact) mass is 354 g/mol. The third kappa shape index (κ3) is 4.36. The number of thiophene rings is 1. The topological polar surface area (TPSA) is 71.3 Å². The van der Waals surface area contributed by atoms with Crippen LogP contribution in [-0.2, 0) is 4.79 Å². The van der Waals surface area contributed by atoms with Gasteiger partial charge in [-0.3, -0.25) is 9.59 Å². The molecule has 3 aromatic rings. The number of hydrogen-bond acceptors (Lipinski definition) is 4. The average molecular weight is 354 g/mol. The van der Waals surface area contributed by atoms with Crippen molar-refractivity contribution in [2.75, 3.05) is 6.54 Å². The Morgan fingerprint density at radius 1 is 1.08 bits per heavy atom. The fourth-order valence-electron chi connectivity index (χ4n) is 2.44. The lowest BCUT2D eigenvalue weighted by molar-refractivity contribution is -0.120. The van der Waals surface area contributed by atoms with Gasteiger partial charge in [0.2, 0.25) is 5.91 Å². The van der Waals surface area contributed by atoms with Crippen LogP contribution in [-0.4, -0.2) is 18.4 Å². The summed E-state index contributed by atoms with van der Waals surface area (Å²) in [5.74, 6) is 0.106. The largest absolute Gasteiger partial charge is 0.467 e. The van der Waals surface area contributed by atoms with E-state index in [9.17, 15) is 9.59 Å². The molecule has 3 rings (SSSR count). The van der Waals surface area contributed by atoms with Gasteiger partial charge < -0.3 is 15.1 Å². The normalized spacial score (nSPS) is 11.7. The first-order valence-corrected chi connectivity index (χ1v) is 8.67. The Morgan fingerprint density at radius 2 is 1.88 bits per heavy atom. The highest BCUT2D eigenvalue weighted by atomic mass is 32.1. The van der Waals surface area contributed by atoms with Crippen molar-refractivity contribution in [2.45, 2.75) is 13.0 Å². The summed E-state index contributed by atoms with van der Waals surface area (Å²) < 4.78 is 5.45. The molecule has 0 saturated carbocycles. The van der Waals surface area contributed by atoms with E-state index in [-0.39, 0.29) is 18.4 Å². The van der Waals surface area contributed by atoms with Crippen LogP contribution in [0.3, 0.4) is 0 Å². The Bertz CT molecular complexity index is 841. The standard InChI is InChI=1S/C19H18N2O3S/c1-13-9-10-16(25-13)19(23)20-12-17(22)21-18(15-8-5-11-24-15)14-6-3-2-4-7-14/h2-11,18H,12H2,1H3,(H,20,23)(H,21,22). The molecular weight excluding hydrogens is 336 g/mol. The highest BCUT2D eigenvalue weighted by molar-refractivity contribution is 7.13. The van der Waals surface area contributed by atoms with Gasteiger partial charge in [-0.1, -0.05) is 30.3 Å². The van der Waals surface area contributed by atoms with Gasteiger partial charge in [-0.2, -0.15) is 0 Å². The summed E-state index contributed by atoms with van der Waals surface area (Å²) in [6.45, 7) is 1.84. The predicted molar refractivity (Wildman–Crippen MR) is 96.5 cm³/mol. The van der Waals surface area contributed by atoms with Crippen LogP contribution in [0.25, 0.3) is 0 Å². The Kier molecular flexibility index (Phi) is 5.30. The smallest absolute Gasteiger partial charge is 0.261 e. The molecule has 1 atom stereocenters. The molecule has 0 spiro atoms. The molecule has 2 amide bonds. The third-order valence-electron chi connectivity index (χ3n) is 3.64. The van der Waals surface area contributed by atoms with Crippen LogP contribution in [0.5, 0.6) is 0 Å². The van der Waals surface area contributed by atoms with Gasteiger partial charge >= 0.3 is 0 Å². The van der Waals surface area contributed by atoms with Gasteiger partial charge in [0, 0.05) is 4.88 Å². The third-order valence-corrected chi connectivity index (χ3v) is 4.64. The van der Waals surface area contributed by atoms with Gasteiger partial charge in [0.05, 0.1) is 17.7 Å². The molecule has 0 radical (unpaired) electrons. The quantitative estimate of drug-likeness (QED) is 0.713. The molecule has 2 heterocycles. The van der Waals surface area contributed by atoms with E-state index < -0.39 is 6.04 Å². The van der Waals surface area contributed by atoms with E-state index in [4.69, 9.17) is 4.42 Å². The molecule has 0 aliphatic carbocycles. The molecule has 0 saturated heterocycles. The van der Waals surface area contributed by atoms with E-state index in [1.54, 1.807) is 18.4 Å². The second-order valence-corrected chi connectivity index (χ2v) is 6.81. The lowest BCUT2D eigenvalue weighted by Crippen LogP contribution is -2.38. The fraction of sp³-hybridized carbons (Fsp3) is 0.158. The Labute approximate surface area is 149 Å². The van der Waals surface area contributed by atoms with Crippen molar-refractivity contribution >= 4 is 23.2 Å². The van der Waals surface area contributed by atoms with Gasteiger partial charge in [0.1, 0.15) is 11.8 Å². The maximum absolute atomic E-state index is 12.3. The Hall–Kier alpha value is -2.86. The number of furan rings is 1. The zero-order valence-corrected chi connectivity index (χ0v) is 14.5. The minimum atomic E-state index is -0.399. The molecular formula is C19H18N2O3S. The van der Waals surface area contributed by atoms with Crippen molar-refractivity contribution in [1.82, 2.24) is 10.6 Å². The number of amides is 2. The van der Waals surface area contributed by atoms with Crippen LogP contribution in [0.15, 0.2) is 65.3 Å². The van der Waals surface area contributed by atoms with E-state index in [1.165, 1.54) is 11.3 Å². The molecule has 2 N–H and O–H groups in total. The molecule has 25 heavy (non-hydrogen) atoms. The van der Waals surface area contributed by atoms with Crippen LogP contribution in [0.1, 0.15) is 31.9 Å². The van der Waals surface area contributed by atoms with Crippen molar-refractivity contribution in [2.24, 2.45) is 0 Å². The minimum absolute atomic E-state index is 0.0974. The summed E-state index contributed by atoms with van der Waals surface area (Å²) in [6, 6.07) is 16.4. The van der Waals surface area contributed by atoms with Crippen LogP contribution in [0, 0.1) is 6.92 Å². The van der Waals surface area contributed by atoms with Gasteiger partial charge in [0.15, 0.2) is 0 Å². The predicted octanol–water partition coefficient (Wildman–Crippen LogP) is 3.29. The zero-order chi connectivity index (χ0) is 17.6. The molecule has 1 aromatic carbocycles. The first-order chi connectivity index (χ1) is 12.1. The SMILES string of the molecule is Cc1ccc(C(=O)NCC(=O)NC(c2ccccc2)c2ccco2)s1. The fourth-order valence-corrected chi connectivity index (χ4v) is 3.22. The van der Waals surface area contributed by atoms with Crippen molar-refractivity contribution in [1.29, 1.82) is 0 Å². The number of aryl methyl sites for hydroxylation is 1. The number of rotatable bonds is 6. The molecule has 1 unspecified atom stereocenters. The van der Waals surface area contributed by atoms with Gasteiger partial charge in [-0.25, -0.2) is 0 Å². The number of nitrogens with one attached hydrogen (secondary N) is 2. The minimum Gasteiger partial charge on any atom is -0.467 e. The first kappa shape index (κ1) is 17.0. The molecule has 0 bridgehead atoms. The molecule has 0 aliphatic heterocycles. The van der Waals surface area contributed by atoms with Crippen molar-refractivity contribution < 1.29 is 14.0 Å². The summed E-state index contributed by atoms with van der Waals surface area (Å²) in [7, 11) is 0. The molecule has 6 heteroatoms. The van der Waals surface area contributed by atoms with Crippen LogP contribution >= 0.6 is 11.3 Å². The zero-order valence-electron chi connectivity index (χ0n) is 13.7. The molecule has 2 aromatic heterocycles. The summed E-state index contributed by atoms with van der Waals surface area (Å²) in [5, 5.41) is 5.55. The number of hydrogen-bond donors (Lipinski definition) is 2. The van der Waals surface area contributed by atoms with Crippen molar-refractivity contribution in [3.05, 3.63) is 81.9 Å². The summed E-state index contributed by atoms with van der Waals surface area (Å²) in [5.41, 5.74) is 0.908. The second-order valence-electron chi connectivity index (χ2n) is 5.52. The van der Waals surface area contributed by atoms with E-state index in [0.29, 0.717) is 10.6 Å². The van der Waals surface area contributed by atoms with Crippen LogP contribution in [0.4, 0.5) is 0 Å². The molecule has 0 fully saturated rings. The number of carbonyl (C=O) groups excluding carboxylic acids is 2. The van der Waals surface area contributed by atoms with E-state index >= 15 is 0 Å².